The summed E-state index contributed by atoms with van der Waals surface area (Å²) in [5.74, 6) is 0. The zero-order valence-electron chi connectivity index (χ0n) is 5.47. The van der Waals surface area contributed by atoms with Crippen molar-refractivity contribution in [1.29, 1.82) is 5.53 Å². The topological polar surface area (TPSA) is 39.5 Å². The highest BCUT2D eigenvalue weighted by Crippen LogP contribution is 1.92. The van der Waals surface area contributed by atoms with E-state index in [0.29, 0.717) is 0 Å². The first-order valence-electron chi connectivity index (χ1n) is 2.39. The van der Waals surface area contributed by atoms with E-state index in [0.717, 1.165) is 5.70 Å². The number of rotatable bonds is 2. The maximum absolute atomic E-state index is 6.53. The van der Waals surface area contributed by atoms with Gasteiger partial charge in [-0.3, -0.25) is 0 Å². The van der Waals surface area contributed by atoms with Crippen molar-refractivity contribution in [2.24, 2.45) is 5.11 Å². The summed E-state index contributed by atoms with van der Waals surface area (Å²) in [4.78, 5) is 1.85. The van der Waals surface area contributed by atoms with Crippen LogP contribution in [0, 0.1) is 5.53 Å². The third-order valence-electron chi connectivity index (χ3n) is 0.621. The van der Waals surface area contributed by atoms with Crippen LogP contribution in [0.5, 0.6) is 0 Å². The van der Waals surface area contributed by atoms with Gasteiger partial charge in [-0.25, -0.2) is 5.53 Å². The molecule has 3 nitrogen and oxygen atoms in total. The van der Waals surface area contributed by atoms with Crippen molar-refractivity contribution in [3.63, 3.8) is 0 Å². The minimum Gasteiger partial charge on any atom is -0.382 e. The van der Waals surface area contributed by atoms with E-state index in [2.05, 4.69) is 5.11 Å². The molecule has 0 spiro atoms. The molecule has 0 rings (SSSR count). The Labute approximate surface area is 49.5 Å². The van der Waals surface area contributed by atoms with Gasteiger partial charge >= 0.3 is 0 Å². The molecule has 0 radical (unpaired) electrons. The summed E-state index contributed by atoms with van der Waals surface area (Å²) in [6.45, 7) is 1.78. The minimum absolute atomic E-state index is 0.718. The zero-order valence-corrected chi connectivity index (χ0v) is 5.47. The second-order valence-electron chi connectivity index (χ2n) is 1.85. The van der Waals surface area contributed by atoms with E-state index in [1.54, 1.807) is 13.1 Å². The Balaban J connectivity index is 3.74. The smallest absolute Gasteiger partial charge is 0.0750 e. The van der Waals surface area contributed by atoms with Crippen molar-refractivity contribution in [2.45, 2.75) is 6.92 Å². The molecule has 0 aliphatic carbocycles. The molecule has 0 aromatic carbocycles. The van der Waals surface area contributed by atoms with Gasteiger partial charge in [-0.1, -0.05) is 0 Å². The summed E-state index contributed by atoms with van der Waals surface area (Å²) in [5.41, 5.74) is 7.25. The number of nitrogens with one attached hydrogen (secondary N) is 1. The zero-order chi connectivity index (χ0) is 6.57. The number of hydrogen-bond donors (Lipinski definition) is 1. The van der Waals surface area contributed by atoms with E-state index in [1.807, 2.05) is 19.0 Å². The van der Waals surface area contributed by atoms with Gasteiger partial charge in [0.1, 0.15) is 0 Å². The van der Waals surface area contributed by atoms with Gasteiger partial charge in [-0.05, 0) is 6.92 Å². The highest BCUT2D eigenvalue weighted by atomic mass is 15.1. The Hall–Kier alpha value is -0.860. The Morgan fingerprint density at radius 2 is 2.12 bits per heavy atom. The maximum Gasteiger partial charge on any atom is 0.0750 e. The molecule has 1 N–H and O–H groups in total. The SMILES string of the molecule is C/C(=C/N(C)C)N=N. The summed E-state index contributed by atoms with van der Waals surface area (Å²) in [5, 5.41) is 3.20. The van der Waals surface area contributed by atoms with Crippen LogP contribution in [-0.2, 0) is 0 Å². The quantitative estimate of drug-likeness (QED) is 0.541. The third kappa shape index (κ3) is 3.33. The molecule has 0 saturated heterocycles. The molecule has 8 heavy (non-hydrogen) atoms. The van der Waals surface area contributed by atoms with Crippen LogP contribution >= 0.6 is 0 Å². The summed E-state index contributed by atoms with van der Waals surface area (Å²) in [7, 11) is 3.80. The van der Waals surface area contributed by atoms with Crippen LogP contribution in [0.2, 0.25) is 0 Å². The van der Waals surface area contributed by atoms with Crippen molar-refractivity contribution in [1.82, 2.24) is 4.90 Å². The second-order valence-corrected chi connectivity index (χ2v) is 1.85. The van der Waals surface area contributed by atoms with E-state index in [1.165, 1.54) is 0 Å². The van der Waals surface area contributed by atoms with Crippen LogP contribution < -0.4 is 0 Å². The molecule has 0 aromatic heterocycles. The average molecular weight is 113 g/mol. The lowest BCUT2D eigenvalue weighted by Crippen LogP contribution is -2.00. The molecule has 0 aliphatic heterocycles. The van der Waals surface area contributed by atoms with E-state index >= 15 is 0 Å². The fourth-order valence-corrected chi connectivity index (χ4v) is 0.403. The van der Waals surface area contributed by atoms with Gasteiger partial charge in [0, 0.05) is 20.3 Å². The molecular weight excluding hydrogens is 102 g/mol. The normalized spacial score (nSPS) is 11.1. The Morgan fingerprint density at radius 3 is 2.25 bits per heavy atom. The van der Waals surface area contributed by atoms with Crippen LogP contribution in [0.3, 0.4) is 0 Å². The molecule has 0 amide bonds. The molecule has 0 aromatic rings. The van der Waals surface area contributed by atoms with Crippen molar-refractivity contribution in [3.05, 3.63) is 11.9 Å². The molecule has 0 bridgehead atoms. The standard InChI is InChI=1S/C5H11N3/c1-5(7-6)4-8(2)3/h4,6H,1-3H3/b5-4-,7-6?. The fraction of sp³-hybridized carbons (Fsp3) is 0.600. The fourth-order valence-electron chi connectivity index (χ4n) is 0.403. The first-order chi connectivity index (χ1) is 3.66. The van der Waals surface area contributed by atoms with Crippen LogP contribution in [0.25, 0.3) is 0 Å². The average Bonchev–Trinajstić information content (AvgIpc) is 1.65. The van der Waals surface area contributed by atoms with Crippen LogP contribution in [-0.4, -0.2) is 19.0 Å². The molecule has 0 atom stereocenters. The molecule has 0 aliphatic rings. The summed E-state index contributed by atoms with van der Waals surface area (Å²) in [6, 6.07) is 0. The lowest BCUT2D eigenvalue weighted by Gasteiger charge is -2.02. The number of hydrogen-bond acceptors (Lipinski definition) is 3. The second kappa shape index (κ2) is 3.18. The van der Waals surface area contributed by atoms with Crippen LogP contribution in [0.15, 0.2) is 17.0 Å². The van der Waals surface area contributed by atoms with E-state index < -0.39 is 0 Å². The predicted octanol–water partition coefficient (Wildman–Crippen LogP) is 1.44. The molecule has 0 saturated carbocycles. The molecule has 46 valence electrons. The van der Waals surface area contributed by atoms with E-state index in [-0.39, 0.29) is 0 Å². The van der Waals surface area contributed by atoms with Gasteiger partial charge in [0.25, 0.3) is 0 Å². The lowest BCUT2D eigenvalue weighted by atomic mass is 10.5. The summed E-state index contributed by atoms with van der Waals surface area (Å²) < 4.78 is 0. The first-order valence-corrected chi connectivity index (χ1v) is 2.39. The highest BCUT2D eigenvalue weighted by Gasteiger charge is 1.80. The first kappa shape index (κ1) is 7.14. The Bertz CT molecular complexity index is 104. The van der Waals surface area contributed by atoms with Gasteiger partial charge in [0.2, 0.25) is 0 Å². The molecule has 0 heterocycles. The van der Waals surface area contributed by atoms with Gasteiger partial charge in [-0.15, -0.1) is 0 Å². The summed E-state index contributed by atoms with van der Waals surface area (Å²) in [6.07, 6.45) is 1.78. The maximum atomic E-state index is 6.53. The van der Waals surface area contributed by atoms with Gasteiger partial charge < -0.3 is 4.90 Å². The lowest BCUT2D eigenvalue weighted by molar-refractivity contribution is 0.556. The van der Waals surface area contributed by atoms with Crippen molar-refractivity contribution in [2.75, 3.05) is 14.1 Å². The third-order valence-corrected chi connectivity index (χ3v) is 0.621. The van der Waals surface area contributed by atoms with Crippen molar-refractivity contribution >= 4 is 0 Å². The van der Waals surface area contributed by atoms with E-state index in [4.69, 9.17) is 5.53 Å². The van der Waals surface area contributed by atoms with Crippen LogP contribution in [0.1, 0.15) is 6.92 Å². The van der Waals surface area contributed by atoms with Gasteiger partial charge in [0.05, 0.1) is 5.70 Å². The monoisotopic (exact) mass is 113 g/mol. The van der Waals surface area contributed by atoms with Gasteiger partial charge in [-0.2, -0.15) is 5.11 Å². The Kier molecular flexibility index (Phi) is 2.84. The largest absolute Gasteiger partial charge is 0.382 e. The van der Waals surface area contributed by atoms with Gasteiger partial charge in [0.15, 0.2) is 0 Å². The summed E-state index contributed by atoms with van der Waals surface area (Å²) >= 11 is 0. The molecule has 0 fully saturated rings. The molecular formula is C5H11N3. The molecule has 3 heteroatoms. The number of nitrogens with zero attached hydrogens (tertiary/aromatic N) is 2. The number of allylic oxidation sites excluding steroid dienone is 1. The van der Waals surface area contributed by atoms with Crippen molar-refractivity contribution in [3.8, 4) is 0 Å². The minimum atomic E-state index is 0.718. The Morgan fingerprint density at radius 1 is 1.62 bits per heavy atom. The highest BCUT2D eigenvalue weighted by molar-refractivity contribution is 4.91. The molecule has 0 unspecified atom stereocenters. The van der Waals surface area contributed by atoms with Crippen LogP contribution in [0.4, 0.5) is 0 Å². The predicted molar refractivity (Wildman–Crippen MR) is 32.6 cm³/mol. The van der Waals surface area contributed by atoms with E-state index in [9.17, 15) is 0 Å². The van der Waals surface area contributed by atoms with Crippen molar-refractivity contribution < 1.29 is 0 Å².